The molecule has 2 aromatic carbocycles. The maximum Gasteiger partial charge on any atom is 0.226 e. The van der Waals surface area contributed by atoms with E-state index in [-0.39, 0.29) is 0 Å². The summed E-state index contributed by atoms with van der Waals surface area (Å²) >= 11 is 0. The lowest BCUT2D eigenvalue weighted by molar-refractivity contribution is 0.283. The zero-order valence-electron chi connectivity index (χ0n) is 13.2. The van der Waals surface area contributed by atoms with Crippen LogP contribution in [-0.4, -0.2) is 23.0 Å². The van der Waals surface area contributed by atoms with Crippen LogP contribution in [0.1, 0.15) is 19.0 Å². The van der Waals surface area contributed by atoms with Gasteiger partial charge in [-0.05, 0) is 23.4 Å². The molecule has 0 atom stereocenters. The van der Waals surface area contributed by atoms with Gasteiger partial charge < -0.3 is 4.42 Å². The van der Waals surface area contributed by atoms with E-state index in [4.69, 9.17) is 9.68 Å². The molecule has 0 N–H and O–H groups in total. The lowest BCUT2D eigenvalue weighted by Gasteiger charge is -2.16. The van der Waals surface area contributed by atoms with Crippen molar-refractivity contribution in [1.82, 2.24) is 9.88 Å². The van der Waals surface area contributed by atoms with Crippen molar-refractivity contribution in [3.63, 3.8) is 0 Å². The number of oxazole rings is 1. The van der Waals surface area contributed by atoms with E-state index in [1.54, 1.807) is 6.26 Å². The maximum atomic E-state index is 8.72. The maximum absolute atomic E-state index is 8.72. The molecule has 0 bridgehead atoms. The van der Waals surface area contributed by atoms with Gasteiger partial charge in [-0.2, -0.15) is 5.26 Å². The van der Waals surface area contributed by atoms with Crippen LogP contribution in [0.3, 0.4) is 0 Å². The van der Waals surface area contributed by atoms with Gasteiger partial charge in [-0.1, -0.05) is 43.3 Å². The minimum Gasteiger partial charge on any atom is -0.444 e. The van der Waals surface area contributed by atoms with Crippen LogP contribution in [0, 0.1) is 11.3 Å². The summed E-state index contributed by atoms with van der Waals surface area (Å²) in [4.78, 5) is 6.82. The van der Waals surface area contributed by atoms with Crippen LogP contribution in [0.4, 0.5) is 0 Å². The summed E-state index contributed by atoms with van der Waals surface area (Å²) in [5, 5.41) is 11.0. The van der Waals surface area contributed by atoms with Crippen molar-refractivity contribution in [1.29, 1.82) is 5.26 Å². The number of benzene rings is 2. The molecule has 4 heteroatoms. The van der Waals surface area contributed by atoms with Crippen LogP contribution in [0.15, 0.2) is 53.1 Å². The summed E-state index contributed by atoms with van der Waals surface area (Å²) in [6.45, 7) is 4.43. The minimum atomic E-state index is 0.530. The normalized spacial score (nSPS) is 11.0. The van der Waals surface area contributed by atoms with E-state index < -0.39 is 0 Å². The third kappa shape index (κ3) is 3.41. The van der Waals surface area contributed by atoms with Gasteiger partial charge in [-0.3, -0.25) is 4.90 Å². The third-order valence-corrected chi connectivity index (χ3v) is 3.94. The molecule has 0 aliphatic carbocycles. The molecular weight excluding hydrogens is 286 g/mol. The van der Waals surface area contributed by atoms with Gasteiger partial charge in [-0.15, -0.1) is 0 Å². The van der Waals surface area contributed by atoms with Gasteiger partial charge in [0.25, 0.3) is 0 Å². The fraction of sp³-hybridized carbons (Fsp3) is 0.263. The zero-order valence-corrected chi connectivity index (χ0v) is 13.2. The summed E-state index contributed by atoms with van der Waals surface area (Å²) in [6.07, 6.45) is 2.24. The average molecular weight is 305 g/mol. The van der Waals surface area contributed by atoms with Crippen LogP contribution >= 0.6 is 0 Å². The number of nitrogens with zero attached hydrogens (tertiary/aromatic N) is 3. The summed E-state index contributed by atoms with van der Waals surface area (Å²) in [7, 11) is 0. The van der Waals surface area contributed by atoms with Crippen molar-refractivity contribution in [2.75, 3.05) is 13.1 Å². The van der Waals surface area contributed by atoms with Crippen molar-refractivity contribution >= 4 is 10.8 Å². The Labute approximate surface area is 136 Å². The number of hydrogen-bond acceptors (Lipinski definition) is 4. The van der Waals surface area contributed by atoms with Crippen molar-refractivity contribution in [2.24, 2.45) is 0 Å². The van der Waals surface area contributed by atoms with Crippen LogP contribution in [0.2, 0.25) is 0 Å². The summed E-state index contributed by atoms with van der Waals surface area (Å²) < 4.78 is 5.71. The molecule has 0 aliphatic rings. The topological polar surface area (TPSA) is 53.1 Å². The summed E-state index contributed by atoms with van der Waals surface area (Å²) in [6, 6.07) is 16.5. The Hall–Kier alpha value is -2.64. The van der Waals surface area contributed by atoms with Gasteiger partial charge >= 0.3 is 0 Å². The van der Waals surface area contributed by atoms with E-state index in [0.717, 1.165) is 29.7 Å². The molecule has 4 nitrogen and oxygen atoms in total. The van der Waals surface area contributed by atoms with Crippen molar-refractivity contribution in [3.05, 3.63) is 54.4 Å². The fourth-order valence-corrected chi connectivity index (χ4v) is 2.70. The highest BCUT2D eigenvalue weighted by Gasteiger charge is 2.12. The van der Waals surface area contributed by atoms with Crippen molar-refractivity contribution in [2.45, 2.75) is 19.9 Å². The second-order valence-electron chi connectivity index (χ2n) is 5.45. The number of fused-ring (bicyclic) bond motifs is 1. The monoisotopic (exact) mass is 305 g/mol. The Balaban J connectivity index is 1.85. The first-order valence-corrected chi connectivity index (χ1v) is 7.83. The number of hydrogen-bond donors (Lipinski definition) is 0. The predicted octanol–water partition coefficient (Wildman–Crippen LogP) is 4.23. The van der Waals surface area contributed by atoms with Gasteiger partial charge in [0.15, 0.2) is 0 Å². The third-order valence-electron chi connectivity index (χ3n) is 3.94. The molecule has 116 valence electrons. The molecule has 0 saturated carbocycles. The molecule has 0 aliphatic heterocycles. The van der Waals surface area contributed by atoms with Gasteiger partial charge in [0, 0.05) is 25.1 Å². The van der Waals surface area contributed by atoms with Gasteiger partial charge in [0.1, 0.15) is 6.26 Å². The molecule has 23 heavy (non-hydrogen) atoms. The van der Waals surface area contributed by atoms with Gasteiger partial charge in [0.2, 0.25) is 5.89 Å². The molecule has 3 aromatic rings. The first-order valence-electron chi connectivity index (χ1n) is 7.83. The molecule has 0 radical (unpaired) electrons. The molecule has 1 heterocycles. The Morgan fingerprint density at radius 1 is 1.17 bits per heavy atom. The molecule has 1 aromatic heterocycles. The van der Waals surface area contributed by atoms with E-state index in [0.29, 0.717) is 18.9 Å². The first kappa shape index (κ1) is 15.3. The Morgan fingerprint density at radius 3 is 2.83 bits per heavy atom. The van der Waals surface area contributed by atoms with Crippen LogP contribution in [0.5, 0.6) is 0 Å². The molecule has 3 rings (SSSR count). The lowest BCUT2D eigenvalue weighted by atomic mass is 10.0. The Bertz CT molecular complexity index is 826. The highest BCUT2D eigenvalue weighted by Crippen LogP contribution is 2.28. The SMILES string of the molecule is CCN(CCC#N)Cc1coc(-c2cccc3ccccc23)n1. The van der Waals surface area contributed by atoms with Crippen molar-refractivity contribution < 1.29 is 4.42 Å². The van der Waals surface area contributed by atoms with E-state index >= 15 is 0 Å². The first-order chi connectivity index (χ1) is 11.3. The van der Waals surface area contributed by atoms with Crippen molar-refractivity contribution in [3.8, 4) is 17.5 Å². The highest BCUT2D eigenvalue weighted by molar-refractivity contribution is 5.94. The average Bonchev–Trinajstić information content (AvgIpc) is 3.06. The molecule has 0 fully saturated rings. The highest BCUT2D eigenvalue weighted by atomic mass is 16.3. The number of rotatable bonds is 6. The van der Waals surface area contributed by atoms with Crippen LogP contribution in [0.25, 0.3) is 22.2 Å². The Kier molecular flexibility index (Phi) is 4.70. The quantitative estimate of drug-likeness (QED) is 0.684. The second-order valence-corrected chi connectivity index (χ2v) is 5.45. The summed E-state index contributed by atoms with van der Waals surface area (Å²) in [5.74, 6) is 0.646. The molecular formula is C19H19N3O. The molecule has 0 spiro atoms. The lowest BCUT2D eigenvalue weighted by Crippen LogP contribution is -2.23. The number of nitriles is 1. The molecule has 0 saturated heterocycles. The van der Waals surface area contributed by atoms with Gasteiger partial charge in [0.05, 0.1) is 11.8 Å². The van der Waals surface area contributed by atoms with Crippen LogP contribution < -0.4 is 0 Å². The smallest absolute Gasteiger partial charge is 0.226 e. The fourth-order valence-electron chi connectivity index (χ4n) is 2.70. The number of aromatic nitrogens is 1. The molecule has 0 unspecified atom stereocenters. The zero-order chi connectivity index (χ0) is 16.1. The van der Waals surface area contributed by atoms with E-state index in [2.05, 4.69) is 41.1 Å². The summed E-state index contributed by atoms with van der Waals surface area (Å²) in [5.41, 5.74) is 1.90. The van der Waals surface area contributed by atoms with E-state index in [9.17, 15) is 0 Å². The van der Waals surface area contributed by atoms with Crippen LogP contribution in [-0.2, 0) is 6.54 Å². The standard InChI is InChI=1S/C19H19N3O/c1-2-22(12-6-11-20)13-16-14-23-19(21-16)18-10-5-8-15-7-3-4-9-17(15)18/h3-5,7-10,14H,2,6,12-13H2,1H3. The molecule has 0 amide bonds. The predicted molar refractivity (Wildman–Crippen MR) is 90.6 cm³/mol. The van der Waals surface area contributed by atoms with Gasteiger partial charge in [-0.25, -0.2) is 4.98 Å². The Morgan fingerprint density at radius 2 is 2.00 bits per heavy atom. The van der Waals surface area contributed by atoms with E-state index in [1.807, 2.05) is 24.3 Å². The van der Waals surface area contributed by atoms with E-state index in [1.165, 1.54) is 5.39 Å². The second kappa shape index (κ2) is 7.08. The minimum absolute atomic E-state index is 0.530. The largest absolute Gasteiger partial charge is 0.444 e.